The average Bonchev–Trinajstić information content (AvgIpc) is 2.70. The van der Waals surface area contributed by atoms with E-state index in [9.17, 15) is 8.42 Å². The summed E-state index contributed by atoms with van der Waals surface area (Å²) in [4.78, 5) is 1.37. The molecule has 16 heavy (non-hydrogen) atoms. The second-order valence-electron chi connectivity index (χ2n) is 4.17. The number of furan rings is 1. The summed E-state index contributed by atoms with van der Waals surface area (Å²) in [6.07, 6.45) is 2.94. The highest BCUT2D eigenvalue weighted by molar-refractivity contribution is 7.88. The number of piperazine rings is 1. The molecule has 2 rings (SSSR count). The van der Waals surface area contributed by atoms with Crippen molar-refractivity contribution in [2.45, 2.75) is 6.54 Å². The van der Waals surface area contributed by atoms with Crippen molar-refractivity contribution < 1.29 is 17.7 Å². The number of sulfonamides is 1. The van der Waals surface area contributed by atoms with Crippen LogP contribution in [0.3, 0.4) is 0 Å². The normalized spacial score (nSPS) is 20.1. The Hall–Kier alpha value is -0.850. The molecule has 0 aliphatic carbocycles. The molecule has 0 saturated carbocycles. The Kier molecular flexibility index (Phi) is 3.32. The Morgan fingerprint density at radius 3 is 2.62 bits per heavy atom. The van der Waals surface area contributed by atoms with Gasteiger partial charge in [-0.1, -0.05) is 0 Å². The average molecular weight is 245 g/mol. The van der Waals surface area contributed by atoms with Crippen LogP contribution in [0.25, 0.3) is 0 Å². The van der Waals surface area contributed by atoms with Crippen LogP contribution in [0.2, 0.25) is 0 Å². The molecule has 0 spiro atoms. The van der Waals surface area contributed by atoms with Crippen LogP contribution in [0.15, 0.2) is 22.8 Å². The maximum absolute atomic E-state index is 11.3. The molecule has 0 bridgehead atoms. The van der Waals surface area contributed by atoms with Crippen molar-refractivity contribution in [3.63, 3.8) is 0 Å². The van der Waals surface area contributed by atoms with E-state index in [1.54, 1.807) is 10.6 Å². The Bertz CT molecular complexity index is 419. The van der Waals surface area contributed by atoms with Crippen molar-refractivity contribution in [2.24, 2.45) is 0 Å². The van der Waals surface area contributed by atoms with E-state index in [1.807, 2.05) is 12.1 Å². The van der Waals surface area contributed by atoms with Gasteiger partial charge in [0.05, 0.1) is 38.7 Å². The van der Waals surface area contributed by atoms with E-state index in [2.05, 4.69) is 0 Å². The third-order valence-electron chi connectivity index (χ3n) is 2.90. The number of hydrogen-bond donors (Lipinski definition) is 1. The SMILES string of the molecule is CS(=O)(=O)N1CC[NH+](Cc2ccco2)CC1. The Labute approximate surface area is 95.7 Å². The lowest BCUT2D eigenvalue weighted by Crippen LogP contribution is -3.13. The Morgan fingerprint density at radius 1 is 1.44 bits per heavy atom. The van der Waals surface area contributed by atoms with Gasteiger partial charge in [-0.05, 0) is 12.1 Å². The van der Waals surface area contributed by atoms with Gasteiger partial charge in [-0.25, -0.2) is 8.42 Å². The van der Waals surface area contributed by atoms with E-state index in [0.717, 1.165) is 25.4 Å². The highest BCUT2D eigenvalue weighted by Crippen LogP contribution is 2.00. The third kappa shape index (κ3) is 2.84. The molecule has 5 nitrogen and oxygen atoms in total. The smallest absolute Gasteiger partial charge is 0.211 e. The first-order chi connectivity index (χ1) is 7.55. The summed E-state index contributed by atoms with van der Waals surface area (Å²) in [6.45, 7) is 3.73. The second kappa shape index (κ2) is 4.57. The second-order valence-corrected chi connectivity index (χ2v) is 6.15. The van der Waals surface area contributed by atoms with E-state index in [-0.39, 0.29) is 0 Å². The zero-order chi connectivity index (χ0) is 11.6. The summed E-state index contributed by atoms with van der Waals surface area (Å²) < 4.78 is 29.4. The summed E-state index contributed by atoms with van der Waals surface area (Å²) in [7, 11) is -3.01. The van der Waals surface area contributed by atoms with Crippen LogP contribution in [-0.2, 0) is 16.6 Å². The van der Waals surface area contributed by atoms with Crippen molar-refractivity contribution in [3.05, 3.63) is 24.2 Å². The number of quaternary nitrogens is 1. The molecular weight excluding hydrogens is 228 g/mol. The minimum Gasteiger partial charge on any atom is -0.463 e. The highest BCUT2D eigenvalue weighted by atomic mass is 32.2. The molecule has 0 atom stereocenters. The van der Waals surface area contributed by atoms with E-state index in [1.165, 1.54) is 11.2 Å². The van der Waals surface area contributed by atoms with E-state index < -0.39 is 10.0 Å². The first-order valence-corrected chi connectivity index (χ1v) is 7.21. The Balaban J connectivity index is 1.86. The third-order valence-corrected chi connectivity index (χ3v) is 4.21. The van der Waals surface area contributed by atoms with Crippen molar-refractivity contribution in [2.75, 3.05) is 32.4 Å². The van der Waals surface area contributed by atoms with Gasteiger partial charge in [0.15, 0.2) is 5.76 Å². The van der Waals surface area contributed by atoms with Crippen LogP contribution in [0.4, 0.5) is 0 Å². The monoisotopic (exact) mass is 245 g/mol. The zero-order valence-electron chi connectivity index (χ0n) is 9.35. The minimum absolute atomic E-state index is 0.606. The van der Waals surface area contributed by atoms with Gasteiger partial charge in [0.1, 0.15) is 6.54 Å². The topological polar surface area (TPSA) is 55.0 Å². The highest BCUT2D eigenvalue weighted by Gasteiger charge is 2.26. The number of hydrogen-bond acceptors (Lipinski definition) is 3. The summed E-state index contributed by atoms with van der Waals surface area (Å²) in [6, 6.07) is 3.83. The maximum atomic E-state index is 11.3. The molecule has 0 radical (unpaired) electrons. The van der Waals surface area contributed by atoms with Crippen LogP contribution in [0, 0.1) is 0 Å². The molecule has 1 N–H and O–H groups in total. The van der Waals surface area contributed by atoms with Crippen LogP contribution >= 0.6 is 0 Å². The van der Waals surface area contributed by atoms with Crippen molar-refractivity contribution in [1.29, 1.82) is 0 Å². The Morgan fingerprint density at radius 2 is 2.12 bits per heavy atom. The van der Waals surface area contributed by atoms with Gasteiger partial charge in [-0.3, -0.25) is 0 Å². The molecule has 0 aromatic carbocycles. The van der Waals surface area contributed by atoms with Crippen LogP contribution < -0.4 is 4.90 Å². The van der Waals surface area contributed by atoms with Gasteiger partial charge in [0.2, 0.25) is 10.0 Å². The molecule has 0 unspecified atom stereocenters. The molecule has 1 aliphatic heterocycles. The number of nitrogens with one attached hydrogen (secondary N) is 1. The number of nitrogens with zero attached hydrogens (tertiary/aromatic N) is 1. The molecule has 1 fully saturated rings. The van der Waals surface area contributed by atoms with Crippen molar-refractivity contribution in [1.82, 2.24) is 4.31 Å². The fraction of sp³-hybridized carbons (Fsp3) is 0.600. The summed E-state index contributed by atoms with van der Waals surface area (Å²) >= 11 is 0. The van der Waals surface area contributed by atoms with Crippen molar-refractivity contribution >= 4 is 10.0 Å². The van der Waals surface area contributed by atoms with Crippen LogP contribution in [0.1, 0.15) is 5.76 Å². The van der Waals surface area contributed by atoms with Gasteiger partial charge in [0, 0.05) is 0 Å². The van der Waals surface area contributed by atoms with Gasteiger partial charge in [-0.15, -0.1) is 0 Å². The molecule has 1 aromatic heterocycles. The van der Waals surface area contributed by atoms with Gasteiger partial charge in [0.25, 0.3) is 0 Å². The molecule has 1 saturated heterocycles. The lowest BCUT2D eigenvalue weighted by molar-refractivity contribution is -0.918. The molecule has 1 aliphatic rings. The van der Waals surface area contributed by atoms with E-state index >= 15 is 0 Å². The lowest BCUT2D eigenvalue weighted by atomic mass is 10.3. The quantitative estimate of drug-likeness (QED) is 0.738. The molecule has 90 valence electrons. The minimum atomic E-state index is -3.01. The fourth-order valence-electron chi connectivity index (χ4n) is 1.97. The summed E-state index contributed by atoms with van der Waals surface area (Å²) in [5.74, 6) is 0.961. The fourth-order valence-corrected chi connectivity index (χ4v) is 2.82. The predicted molar refractivity (Wildman–Crippen MR) is 59.5 cm³/mol. The molecule has 0 amide bonds. The lowest BCUT2D eigenvalue weighted by Gasteiger charge is -2.30. The maximum Gasteiger partial charge on any atom is 0.211 e. The van der Waals surface area contributed by atoms with E-state index in [0.29, 0.717) is 13.1 Å². The van der Waals surface area contributed by atoms with Crippen molar-refractivity contribution in [3.8, 4) is 0 Å². The first kappa shape index (κ1) is 11.6. The standard InChI is InChI=1S/C10H16N2O3S/c1-16(13,14)12-6-4-11(5-7-12)9-10-3-2-8-15-10/h2-3,8H,4-7,9H2,1H3/p+1. The van der Waals surface area contributed by atoms with E-state index in [4.69, 9.17) is 4.42 Å². The van der Waals surface area contributed by atoms with Crippen LogP contribution in [0.5, 0.6) is 0 Å². The largest absolute Gasteiger partial charge is 0.463 e. The van der Waals surface area contributed by atoms with Gasteiger partial charge in [-0.2, -0.15) is 4.31 Å². The summed E-state index contributed by atoms with van der Waals surface area (Å²) in [5.41, 5.74) is 0. The van der Waals surface area contributed by atoms with Crippen LogP contribution in [-0.4, -0.2) is 45.2 Å². The molecule has 6 heteroatoms. The van der Waals surface area contributed by atoms with Gasteiger partial charge < -0.3 is 9.32 Å². The predicted octanol–water partition coefficient (Wildman–Crippen LogP) is -1.06. The van der Waals surface area contributed by atoms with Gasteiger partial charge >= 0.3 is 0 Å². The molecule has 2 heterocycles. The zero-order valence-corrected chi connectivity index (χ0v) is 10.2. The molecular formula is C10H17N2O3S+. The first-order valence-electron chi connectivity index (χ1n) is 5.37. The number of rotatable bonds is 3. The summed E-state index contributed by atoms with van der Waals surface area (Å²) in [5, 5.41) is 0. The molecule has 1 aromatic rings.